The molecule has 2 aromatic carbocycles. The molecule has 2 amide bonds. The molecule has 1 N–H and O–H groups in total. The van der Waals surface area contributed by atoms with Gasteiger partial charge in [0.1, 0.15) is 11.4 Å². The molecule has 1 unspecified atom stereocenters. The average molecular weight is 283 g/mol. The molecule has 1 fully saturated rings. The van der Waals surface area contributed by atoms with Crippen molar-refractivity contribution in [3.8, 4) is 5.75 Å². The van der Waals surface area contributed by atoms with Crippen LogP contribution in [-0.2, 0) is 0 Å². The molecule has 5 nitrogen and oxygen atoms in total. The molecule has 2 aromatic rings. The van der Waals surface area contributed by atoms with Gasteiger partial charge in [0.25, 0.3) is 0 Å². The quantitative estimate of drug-likeness (QED) is 0.942. The topological polar surface area (TPSA) is 44.8 Å². The smallest absolute Gasteiger partial charge is 0.337 e. The van der Waals surface area contributed by atoms with E-state index in [-0.39, 0.29) is 12.2 Å². The fraction of sp³-hybridized carbons (Fsp3) is 0.188. The highest BCUT2D eigenvalue weighted by atomic mass is 16.5. The predicted octanol–water partition coefficient (Wildman–Crippen LogP) is 2.77. The largest absolute Gasteiger partial charge is 0.495 e. The number of para-hydroxylation sites is 2. The summed E-state index contributed by atoms with van der Waals surface area (Å²) in [5.41, 5.74) is 4.74. The van der Waals surface area contributed by atoms with Crippen LogP contribution in [0.15, 0.2) is 54.6 Å². The van der Waals surface area contributed by atoms with Gasteiger partial charge in [-0.3, -0.25) is 5.01 Å². The summed E-state index contributed by atoms with van der Waals surface area (Å²) in [6.07, 6.45) is -0.213. The lowest BCUT2D eigenvalue weighted by Crippen LogP contribution is -2.34. The minimum absolute atomic E-state index is 0.144. The summed E-state index contributed by atoms with van der Waals surface area (Å²) in [7, 11) is 3.40. The van der Waals surface area contributed by atoms with Crippen LogP contribution in [-0.4, -0.2) is 25.1 Å². The molecule has 3 rings (SSSR count). The summed E-state index contributed by atoms with van der Waals surface area (Å²) in [6, 6.07) is 17.4. The van der Waals surface area contributed by atoms with Crippen molar-refractivity contribution in [1.29, 1.82) is 0 Å². The van der Waals surface area contributed by atoms with Crippen molar-refractivity contribution in [1.82, 2.24) is 10.3 Å². The van der Waals surface area contributed by atoms with Gasteiger partial charge in [0, 0.05) is 7.05 Å². The van der Waals surface area contributed by atoms with Gasteiger partial charge >= 0.3 is 6.03 Å². The van der Waals surface area contributed by atoms with Gasteiger partial charge in [0.05, 0.1) is 7.11 Å². The number of hydrogen-bond acceptors (Lipinski definition) is 3. The van der Waals surface area contributed by atoms with Crippen LogP contribution >= 0.6 is 0 Å². The molecule has 1 aliphatic rings. The van der Waals surface area contributed by atoms with E-state index in [1.165, 1.54) is 0 Å². The third-order valence-electron chi connectivity index (χ3n) is 3.59. The van der Waals surface area contributed by atoms with Gasteiger partial charge in [-0.15, -0.1) is 0 Å². The highest BCUT2D eigenvalue weighted by Gasteiger charge is 2.37. The Kier molecular flexibility index (Phi) is 3.39. The highest BCUT2D eigenvalue weighted by molar-refractivity contribution is 5.81. The lowest BCUT2D eigenvalue weighted by molar-refractivity contribution is 0.216. The van der Waals surface area contributed by atoms with Gasteiger partial charge in [-0.05, 0) is 17.7 Å². The third-order valence-corrected chi connectivity index (χ3v) is 3.59. The van der Waals surface area contributed by atoms with Crippen molar-refractivity contribution in [2.24, 2.45) is 0 Å². The molecule has 108 valence electrons. The minimum Gasteiger partial charge on any atom is -0.495 e. The monoisotopic (exact) mass is 283 g/mol. The number of nitrogens with zero attached hydrogens (tertiary/aromatic N) is 2. The summed E-state index contributed by atoms with van der Waals surface area (Å²) >= 11 is 0. The molecule has 1 saturated heterocycles. The number of benzene rings is 2. The van der Waals surface area contributed by atoms with Crippen LogP contribution < -0.4 is 15.2 Å². The number of methoxy groups -OCH3 is 1. The predicted molar refractivity (Wildman–Crippen MR) is 81.0 cm³/mol. The number of hydrogen-bond donors (Lipinski definition) is 1. The molecule has 0 aromatic heterocycles. The van der Waals surface area contributed by atoms with Crippen molar-refractivity contribution in [3.63, 3.8) is 0 Å². The second kappa shape index (κ2) is 5.36. The molecule has 5 heteroatoms. The summed E-state index contributed by atoms with van der Waals surface area (Å²) < 4.78 is 5.40. The van der Waals surface area contributed by atoms with Crippen molar-refractivity contribution in [2.45, 2.75) is 6.17 Å². The van der Waals surface area contributed by atoms with Gasteiger partial charge in [0.15, 0.2) is 6.17 Å². The van der Waals surface area contributed by atoms with E-state index in [1.54, 1.807) is 19.1 Å². The Bertz CT molecular complexity index is 645. The molecule has 1 atom stereocenters. The van der Waals surface area contributed by atoms with E-state index >= 15 is 0 Å². The van der Waals surface area contributed by atoms with Crippen molar-refractivity contribution < 1.29 is 9.53 Å². The van der Waals surface area contributed by atoms with Crippen LogP contribution in [0.3, 0.4) is 0 Å². The lowest BCUT2D eigenvalue weighted by atomic mass is 10.1. The first-order valence-electron chi connectivity index (χ1n) is 6.73. The van der Waals surface area contributed by atoms with E-state index in [4.69, 9.17) is 4.74 Å². The van der Waals surface area contributed by atoms with Crippen LogP contribution in [0.2, 0.25) is 0 Å². The molecule has 1 aliphatic heterocycles. The Morgan fingerprint density at radius 1 is 1.05 bits per heavy atom. The van der Waals surface area contributed by atoms with Gasteiger partial charge < -0.3 is 9.64 Å². The Morgan fingerprint density at radius 2 is 1.71 bits per heavy atom. The number of anilines is 1. The zero-order chi connectivity index (χ0) is 14.8. The number of amides is 2. The van der Waals surface area contributed by atoms with E-state index in [0.717, 1.165) is 11.3 Å². The van der Waals surface area contributed by atoms with E-state index in [9.17, 15) is 4.79 Å². The molecule has 0 spiro atoms. The van der Waals surface area contributed by atoms with Crippen LogP contribution in [0.5, 0.6) is 5.75 Å². The maximum atomic E-state index is 12.1. The Balaban J connectivity index is 2.06. The number of carbonyl (C=O) groups is 1. The molecule has 0 saturated carbocycles. The number of carbonyl (C=O) groups excluding carboxylic acids is 1. The van der Waals surface area contributed by atoms with Crippen LogP contribution in [0.4, 0.5) is 10.5 Å². The highest BCUT2D eigenvalue weighted by Crippen LogP contribution is 2.36. The first-order valence-corrected chi connectivity index (χ1v) is 6.73. The molecule has 1 heterocycles. The van der Waals surface area contributed by atoms with Gasteiger partial charge in [-0.1, -0.05) is 42.5 Å². The molecule has 0 radical (unpaired) electrons. The fourth-order valence-electron chi connectivity index (χ4n) is 2.55. The number of urea groups is 1. The minimum atomic E-state index is -0.213. The maximum absolute atomic E-state index is 12.1. The first kappa shape index (κ1) is 13.3. The number of rotatable bonds is 3. The van der Waals surface area contributed by atoms with Crippen LogP contribution in [0.1, 0.15) is 11.7 Å². The summed E-state index contributed by atoms with van der Waals surface area (Å²) in [5.74, 6) is 0.717. The Hall–Kier alpha value is -2.69. The van der Waals surface area contributed by atoms with Crippen LogP contribution in [0.25, 0.3) is 0 Å². The number of ether oxygens (including phenoxy) is 1. The second-order valence-corrected chi connectivity index (χ2v) is 4.85. The third kappa shape index (κ3) is 2.27. The Labute approximate surface area is 123 Å². The molecule has 0 bridgehead atoms. The molecular weight excluding hydrogens is 266 g/mol. The average Bonchev–Trinajstić information content (AvgIpc) is 2.83. The van der Waals surface area contributed by atoms with Crippen LogP contribution in [0, 0.1) is 0 Å². The van der Waals surface area contributed by atoms with Crippen molar-refractivity contribution in [2.75, 3.05) is 19.2 Å². The van der Waals surface area contributed by atoms with Crippen molar-refractivity contribution >= 4 is 11.7 Å². The first-order chi connectivity index (χ1) is 10.2. The van der Waals surface area contributed by atoms with Gasteiger partial charge in [-0.25, -0.2) is 10.2 Å². The zero-order valence-electron chi connectivity index (χ0n) is 12.0. The zero-order valence-corrected chi connectivity index (χ0v) is 12.0. The van der Waals surface area contributed by atoms with E-state index in [1.807, 2.05) is 59.6 Å². The van der Waals surface area contributed by atoms with E-state index in [0.29, 0.717) is 5.75 Å². The Morgan fingerprint density at radius 3 is 2.43 bits per heavy atom. The number of hydrazine groups is 1. The second-order valence-electron chi connectivity index (χ2n) is 4.85. The SMILES string of the molecule is COc1ccccc1N1NC(=O)N(C)C1c1ccccc1. The fourth-order valence-corrected chi connectivity index (χ4v) is 2.55. The van der Waals surface area contributed by atoms with Gasteiger partial charge in [0.2, 0.25) is 0 Å². The van der Waals surface area contributed by atoms with Crippen molar-refractivity contribution in [3.05, 3.63) is 60.2 Å². The molecule has 0 aliphatic carbocycles. The summed E-state index contributed by atoms with van der Waals surface area (Å²) in [6.45, 7) is 0. The standard InChI is InChI=1S/C16H17N3O2/c1-18-15(12-8-4-3-5-9-12)19(17-16(18)20)13-10-6-7-11-14(13)21-2/h3-11,15H,1-2H3,(H,17,20). The lowest BCUT2D eigenvalue weighted by Gasteiger charge is -2.28. The number of nitrogens with one attached hydrogen (secondary N) is 1. The summed E-state index contributed by atoms with van der Waals surface area (Å²) in [4.78, 5) is 13.7. The van der Waals surface area contributed by atoms with Gasteiger partial charge in [-0.2, -0.15) is 0 Å². The van der Waals surface area contributed by atoms with E-state index < -0.39 is 0 Å². The normalized spacial score (nSPS) is 17.8. The maximum Gasteiger partial charge on any atom is 0.337 e. The van der Waals surface area contributed by atoms with E-state index in [2.05, 4.69) is 5.43 Å². The summed E-state index contributed by atoms with van der Waals surface area (Å²) in [5, 5.41) is 1.83. The molecule has 21 heavy (non-hydrogen) atoms. The molecular formula is C16H17N3O2.